The van der Waals surface area contributed by atoms with Gasteiger partial charge < -0.3 is 10.1 Å². The maximum absolute atomic E-state index is 12.5. The Hall–Kier alpha value is -2.34. The molecule has 0 spiro atoms. The second kappa shape index (κ2) is 9.04. The van der Waals surface area contributed by atoms with Gasteiger partial charge in [-0.2, -0.15) is 0 Å². The van der Waals surface area contributed by atoms with Crippen LogP contribution in [0.2, 0.25) is 5.02 Å². The molecule has 0 bridgehead atoms. The predicted octanol–water partition coefficient (Wildman–Crippen LogP) is 5.04. The number of halogens is 1. The average Bonchev–Trinajstić information content (AvgIpc) is 3.18. The van der Waals surface area contributed by atoms with Gasteiger partial charge in [-0.15, -0.1) is 11.3 Å². The minimum Gasteiger partial charge on any atom is -0.495 e. The molecule has 0 unspecified atom stereocenters. The third kappa shape index (κ3) is 5.10. The van der Waals surface area contributed by atoms with E-state index in [9.17, 15) is 4.79 Å². The summed E-state index contributed by atoms with van der Waals surface area (Å²) in [4.78, 5) is 13.6. The van der Waals surface area contributed by atoms with Crippen LogP contribution in [0.1, 0.15) is 22.0 Å². The van der Waals surface area contributed by atoms with Crippen LogP contribution in [0.25, 0.3) is 0 Å². The van der Waals surface area contributed by atoms with Gasteiger partial charge in [-0.25, -0.2) is 0 Å². The molecule has 2 aromatic carbocycles. The molecule has 2 N–H and O–H groups in total. The second-order valence-corrected chi connectivity index (χ2v) is 7.55. The molecule has 0 radical (unpaired) electrons. The zero-order chi connectivity index (χ0) is 19.2. The van der Waals surface area contributed by atoms with E-state index in [4.69, 9.17) is 16.3 Å². The Kier molecular flexibility index (Phi) is 6.50. The van der Waals surface area contributed by atoms with E-state index in [0.29, 0.717) is 16.5 Å². The first-order chi connectivity index (χ1) is 13.1. The van der Waals surface area contributed by atoms with Crippen LogP contribution < -0.4 is 15.4 Å². The number of ether oxygens (including phenoxy) is 1. The van der Waals surface area contributed by atoms with Crippen LogP contribution in [0.5, 0.6) is 5.75 Å². The number of hydrogen-bond donors (Lipinski definition) is 2. The van der Waals surface area contributed by atoms with Crippen LogP contribution in [-0.4, -0.2) is 19.6 Å². The molecular formula is C21H21ClN2O2S. The van der Waals surface area contributed by atoms with Crippen LogP contribution in [-0.2, 0) is 4.79 Å². The van der Waals surface area contributed by atoms with E-state index in [-0.39, 0.29) is 18.5 Å². The lowest BCUT2D eigenvalue weighted by atomic mass is 10.0. The molecule has 0 aliphatic carbocycles. The molecule has 1 aromatic heterocycles. The van der Waals surface area contributed by atoms with Gasteiger partial charge in [0.25, 0.3) is 0 Å². The highest BCUT2D eigenvalue weighted by molar-refractivity contribution is 7.10. The second-order valence-electron chi connectivity index (χ2n) is 6.13. The summed E-state index contributed by atoms with van der Waals surface area (Å²) in [6.07, 6.45) is 0. The summed E-state index contributed by atoms with van der Waals surface area (Å²) >= 11 is 7.69. The van der Waals surface area contributed by atoms with Crippen LogP contribution >= 0.6 is 22.9 Å². The van der Waals surface area contributed by atoms with E-state index >= 15 is 0 Å². The highest BCUT2D eigenvalue weighted by Gasteiger charge is 2.17. The number of carbonyl (C=O) groups is 1. The molecule has 3 rings (SSSR count). The maximum Gasteiger partial charge on any atom is 0.238 e. The molecule has 6 heteroatoms. The Morgan fingerprint density at radius 1 is 1.19 bits per heavy atom. The lowest BCUT2D eigenvalue weighted by molar-refractivity contribution is -0.115. The van der Waals surface area contributed by atoms with Gasteiger partial charge >= 0.3 is 0 Å². The van der Waals surface area contributed by atoms with Crippen LogP contribution in [0, 0.1) is 6.92 Å². The summed E-state index contributed by atoms with van der Waals surface area (Å²) < 4.78 is 5.27. The van der Waals surface area contributed by atoms with Crippen LogP contribution in [0.3, 0.4) is 0 Å². The Morgan fingerprint density at radius 2 is 1.96 bits per heavy atom. The number of carbonyl (C=O) groups excluding carboxylic acids is 1. The van der Waals surface area contributed by atoms with E-state index in [0.717, 1.165) is 10.4 Å². The minimum absolute atomic E-state index is 0.0439. The van der Waals surface area contributed by atoms with E-state index in [2.05, 4.69) is 47.9 Å². The summed E-state index contributed by atoms with van der Waals surface area (Å²) in [5.41, 5.74) is 2.88. The Labute approximate surface area is 168 Å². The number of rotatable bonds is 7. The first kappa shape index (κ1) is 19.4. The van der Waals surface area contributed by atoms with Gasteiger partial charge in [-0.05, 0) is 42.1 Å². The van der Waals surface area contributed by atoms with Crippen molar-refractivity contribution in [2.45, 2.75) is 13.0 Å². The molecular weight excluding hydrogens is 380 g/mol. The number of aryl methyl sites for hydroxylation is 1. The number of thiophene rings is 1. The highest BCUT2D eigenvalue weighted by atomic mass is 35.5. The predicted molar refractivity (Wildman–Crippen MR) is 112 cm³/mol. The fourth-order valence-corrected chi connectivity index (χ4v) is 3.76. The molecule has 0 saturated carbocycles. The number of nitrogens with one attached hydrogen (secondary N) is 2. The van der Waals surface area contributed by atoms with Crippen molar-refractivity contribution < 1.29 is 9.53 Å². The van der Waals surface area contributed by atoms with Crippen molar-refractivity contribution in [1.29, 1.82) is 0 Å². The van der Waals surface area contributed by atoms with Crippen molar-refractivity contribution in [2.75, 3.05) is 19.0 Å². The van der Waals surface area contributed by atoms with Crippen molar-refractivity contribution in [3.05, 3.63) is 81.0 Å². The number of hydrogen-bond acceptors (Lipinski definition) is 4. The van der Waals surface area contributed by atoms with Crippen molar-refractivity contribution in [3.8, 4) is 5.75 Å². The lowest BCUT2D eigenvalue weighted by Crippen LogP contribution is -2.31. The summed E-state index contributed by atoms with van der Waals surface area (Å²) in [6, 6.07) is 17.5. The fourth-order valence-electron chi connectivity index (χ4n) is 2.76. The number of amides is 1. The van der Waals surface area contributed by atoms with Crippen molar-refractivity contribution in [2.24, 2.45) is 0 Å². The molecule has 0 aliphatic rings. The SMILES string of the molecule is COc1ccc(Cl)cc1NC(=O)CN[C@@H](c1ccc(C)cc1)c1cccs1. The van der Waals surface area contributed by atoms with Crippen molar-refractivity contribution in [3.63, 3.8) is 0 Å². The molecule has 0 saturated heterocycles. The quantitative estimate of drug-likeness (QED) is 0.584. The minimum atomic E-state index is -0.163. The molecule has 1 heterocycles. The number of anilines is 1. The molecule has 4 nitrogen and oxygen atoms in total. The van der Waals surface area contributed by atoms with Gasteiger partial charge in [0.05, 0.1) is 25.4 Å². The van der Waals surface area contributed by atoms with Gasteiger partial charge in [0.2, 0.25) is 5.91 Å². The van der Waals surface area contributed by atoms with E-state index in [1.807, 2.05) is 11.4 Å². The van der Waals surface area contributed by atoms with Gasteiger partial charge in [-0.3, -0.25) is 10.1 Å². The molecule has 1 atom stereocenters. The van der Waals surface area contributed by atoms with Gasteiger partial charge in [-0.1, -0.05) is 47.5 Å². The lowest BCUT2D eigenvalue weighted by Gasteiger charge is -2.18. The monoisotopic (exact) mass is 400 g/mol. The Morgan fingerprint density at radius 3 is 2.63 bits per heavy atom. The largest absolute Gasteiger partial charge is 0.495 e. The Bertz CT molecular complexity index is 895. The van der Waals surface area contributed by atoms with Gasteiger partial charge in [0.1, 0.15) is 5.75 Å². The zero-order valence-corrected chi connectivity index (χ0v) is 16.7. The molecule has 27 heavy (non-hydrogen) atoms. The van der Waals surface area contributed by atoms with E-state index in [1.165, 1.54) is 5.56 Å². The van der Waals surface area contributed by atoms with E-state index < -0.39 is 0 Å². The summed E-state index contributed by atoms with van der Waals surface area (Å²) in [6.45, 7) is 2.22. The summed E-state index contributed by atoms with van der Waals surface area (Å²) in [5, 5.41) is 8.78. The number of benzene rings is 2. The highest BCUT2D eigenvalue weighted by Crippen LogP contribution is 2.28. The third-order valence-electron chi connectivity index (χ3n) is 4.14. The summed E-state index contributed by atoms with van der Waals surface area (Å²) in [5.74, 6) is 0.408. The maximum atomic E-state index is 12.5. The summed E-state index contributed by atoms with van der Waals surface area (Å²) in [7, 11) is 1.56. The first-order valence-electron chi connectivity index (χ1n) is 8.53. The van der Waals surface area contributed by atoms with Crippen molar-refractivity contribution >= 4 is 34.5 Å². The average molecular weight is 401 g/mol. The fraction of sp³-hybridized carbons (Fsp3) is 0.190. The molecule has 140 valence electrons. The van der Waals surface area contributed by atoms with Crippen LogP contribution in [0.4, 0.5) is 5.69 Å². The number of methoxy groups -OCH3 is 1. The van der Waals surface area contributed by atoms with Crippen molar-refractivity contribution in [1.82, 2.24) is 5.32 Å². The zero-order valence-electron chi connectivity index (χ0n) is 15.2. The smallest absolute Gasteiger partial charge is 0.238 e. The first-order valence-corrected chi connectivity index (χ1v) is 9.79. The molecule has 1 amide bonds. The Balaban J connectivity index is 1.71. The van der Waals surface area contributed by atoms with Gasteiger partial charge in [0, 0.05) is 9.90 Å². The standard InChI is InChI=1S/C21H21ClN2O2S/c1-14-5-7-15(8-6-14)21(19-4-3-11-27-19)23-13-20(25)24-17-12-16(22)9-10-18(17)26-2/h3-12,21,23H,13H2,1-2H3,(H,24,25)/t21-/m0/s1. The van der Waals surface area contributed by atoms with Crippen LogP contribution in [0.15, 0.2) is 60.0 Å². The topological polar surface area (TPSA) is 50.4 Å². The third-order valence-corrected chi connectivity index (χ3v) is 5.31. The van der Waals surface area contributed by atoms with E-state index in [1.54, 1.807) is 36.6 Å². The van der Waals surface area contributed by atoms with Gasteiger partial charge in [0.15, 0.2) is 0 Å². The molecule has 3 aromatic rings. The molecule has 0 fully saturated rings. The normalized spacial score (nSPS) is 11.8. The molecule has 0 aliphatic heterocycles.